The Labute approximate surface area is 106 Å². The predicted octanol–water partition coefficient (Wildman–Crippen LogP) is 2.27. The van der Waals surface area contributed by atoms with Gasteiger partial charge < -0.3 is 10.1 Å². The van der Waals surface area contributed by atoms with Crippen LogP contribution in [-0.2, 0) is 11.2 Å². The van der Waals surface area contributed by atoms with Gasteiger partial charge in [0.2, 0.25) is 6.41 Å². The summed E-state index contributed by atoms with van der Waals surface area (Å²) in [5.41, 5.74) is 1.72. The van der Waals surface area contributed by atoms with Crippen molar-refractivity contribution >= 4 is 12.1 Å². The Balaban J connectivity index is 1.86. The van der Waals surface area contributed by atoms with Gasteiger partial charge in [-0.15, -0.1) is 0 Å². The number of hydrogen-bond donors (Lipinski definition) is 1. The van der Waals surface area contributed by atoms with Gasteiger partial charge in [0.25, 0.3) is 0 Å². The number of rotatable bonds is 6. The number of aromatic nitrogens is 1. The molecule has 18 heavy (non-hydrogen) atoms. The molecular weight excluding hydrogens is 228 g/mol. The molecule has 92 valence electrons. The molecule has 0 aliphatic heterocycles. The predicted molar refractivity (Wildman–Crippen MR) is 69.6 cm³/mol. The van der Waals surface area contributed by atoms with Crippen molar-refractivity contribution in [2.45, 2.75) is 6.42 Å². The molecule has 1 N–H and O–H groups in total. The first-order chi connectivity index (χ1) is 8.88. The summed E-state index contributed by atoms with van der Waals surface area (Å²) in [7, 11) is 0. The third kappa shape index (κ3) is 3.59. The number of nitrogens with one attached hydrogen (secondary N) is 1. The van der Waals surface area contributed by atoms with E-state index in [9.17, 15) is 4.79 Å². The summed E-state index contributed by atoms with van der Waals surface area (Å²) >= 11 is 0. The van der Waals surface area contributed by atoms with Crippen molar-refractivity contribution in [3.05, 3.63) is 54.4 Å². The Kier molecular flexibility index (Phi) is 4.30. The van der Waals surface area contributed by atoms with E-state index < -0.39 is 0 Å². The van der Waals surface area contributed by atoms with Gasteiger partial charge in [0.05, 0.1) is 6.61 Å². The summed E-state index contributed by atoms with van der Waals surface area (Å²) < 4.78 is 5.60. The van der Waals surface area contributed by atoms with E-state index in [2.05, 4.69) is 10.3 Å². The molecule has 1 heterocycles. The second-order valence-corrected chi connectivity index (χ2v) is 3.71. The van der Waals surface area contributed by atoms with Crippen molar-refractivity contribution < 1.29 is 9.53 Å². The Morgan fingerprint density at radius 3 is 2.94 bits per heavy atom. The van der Waals surface area contributed by atoms with Crippen molar-refractivity contribution in [2.24, 2.45) is 0 Å². The molecule has 0 saturated heterocycles. The van der Waals surface area contributed by atoms with Crippen LogP contribution < -0.4 is 10.1 Å². The van der Waals surface area contributed by atoms with Crippen LogP contribution >= 0.6 is 0 Å². The van der Waals surface area contributed by atoms with Gasteiger partial charge >= 0.3 is 0 Å². The first-order valence-corrected chi connectivity index (χ1v) is 5.71. The number of hydrogen-bond acceptors (Lipinski definition) is 3. The largest absolute Gasteiger partial charge is 0.493 e. The molecule has 0 spiro atoms. The van der Waals surface area contributed by atoms with Gasteiger partial charge in [0.15, 0.2) is 0 Å². The van der Waals surface area contributed by atoms with Crippen LogP contribution in [0.2, 0.25) is 0 Å². The normalized spacial score (nSPS) is 9.78. The van der Waals surface area contributed by atoms with E-state index >= 15 is 0 Å². The Bertz CT molecular complexity index is 500. The molecule has 1 aromatic carbocycles. The number of benzene rings is 1. The Morgan fingerprint density at radius 1 is 1.22 bits per heavy atom. The molecule has 0 saturated carbocycles. The van der Waals surface area contributed by atoms with Gasteiger partial charge in [-0.2, -0.15) is 0 Å². The van der Waals surface area contributed by atoms with Crippen molar-refractivity contribution in [1.29, 1.82) is 0 Å². The zero-order chi connectivity index (χ0) is 12.6. The van der Waals surface area contributed by atoms with Crippen molar-refractivity contribution in [3.8, 4) is 5.75 Å². The first-order valence-electron chi connectivity index (χ1n) is 5.71. The van der Waals surface area contributed by atoms with E-state index in [-0.39, 0.29) is 0 Å². The molecule has 2 aromatic rings. The number of anilines is 1. The maximum atomic E-state index is 10.3. The molecule has 0 radical (unpaired) electrons. The fourth-order valence-electron chi connectivity index (χ4n) is 1.56. The summed E-state index contributed by atoms with van der Waals surface area (Å²) in [6.07, 6.45) is 3.17. The lowest BCUT2D eigenvalue weighted by molar-refractivity contribution is -0.105. The van der Waals surface area contributed by atoms with Crippen LogP contribution in [0.15, 0.2) is 48.7 Å². The highest BCUT2D eigenvalue weighted by molar-refractivity contribution is 5.71. The minimum Gasteiger partial charge on any atom is -0.493 e. The van der Waals surface area contributed by atoms with Gasteiger partial charge in [-0.3, -0.25) is 9.78 Å². The van der Waals surface area contributed by atoms with E-state index in [4.69, 9.17) is 4.74 Å². The fraction of sp³-hybridized carbons (Fsp3) is 0.143. The lowest BCUT2D eigenvalue weighted by Gasteiger charge is -2.07. The molecule has 1 amide bonds. The average Bonchev–Trinajstić information content (AvgIpc) is 2.41. The van der Waals surface area contributed by atoms with Crippen LogP contribution in [-0.4, -0.2) is 18.0 Å². The number of pyridine rings is 1. The Morgan fingerprint density at radius 2 is 2.17 bits per heavy atom. The third-order valence-corrected chi connectivity index (χ3v) is 2.41. The van der Waals surface area contributed by atoms with Crippen molar-refractivity contribution in [1.82, 2.24) is 4.98 Å². The maximum absolute atomic E-state index is 10.3. The second-order valence-electron chi connectivity index (χ2n) is 3.71. The third-order valence-electron chi connectivity index (χ3n) is 2.41. The molecule has 4 heteroatoms. The molecule has 0 unspecified atom stereocenters. The van der Waals surface area contributed by atoms with Crippen LogP contribution in [0.5, 0.6) is 5.75 Å². The quantitative estimate of drug-likeness (QED) is 0.790. The average molecular weight is 242 g/mol. The van der Waals surface area contributed by atoms with Crippen LogP contribution in [0.3, 0.4) is 0 Å². The monoisotopic (exact) mass is 242 g/mol. The minimum absolute atomic E-state index is 0.557. The molecule has 1 aromatic heterocycles. The first kappa shape index (κ1) is 12.1. The maximum Gasteiger partial charge on any atom is 0.211 e. The van der Waals surface area contributed by atoms with Crippen LogP contribution in [0.1, 0.15) is 5.69 Å². The molecule has 0 bridgehead atoms. The smallest absolute Gasteiger partial charge is 0.211 e. The lowest BCUT2D eigenvalue weighted by atomic mass is 10.3. The number of ether oxygens (including phenoxy) is 1. The van der Waals surface area contributed by atoms with Gasteiger partial charge in [-0.25, -0.2) is 0 Å². The van der Waals surface area contributed by atoms with Crippen molar-refractivity contribution in [3.63, 3.8) is 0 Å². The number of carbonyl (C=O) groups is 1. The zero-order valence-electron chi connectivity index (χ0n) is 9.87. The van der Waals surface area contributed by atoms with E-state index in [0.29, 0.717) is 13.0 Å². The number of nitrogens with zero attached hydrogens (tertiary/aromatic N) is 1. The van der Waals surface area contributed by atoms with Crippen LogP contribution in [0.25, 0.3) is 0 Å². The molecule has 4 nitrogen and oxygen atoms in total. The highest BCUT2D eigenvalue weighted by atomic mass is 16.5. The van der Waals surface area contributed by atoms with Crippen LogP contribution in [0.4, 0.5) is 5.69 Å². The van der Waals surface area contributed by atoms with Gasteiger partial charge in [-0.1, -0.05) is 12.1 Å². The van der Waals surface area contributed by atoms with Gasteiger partial charge in [-0.05, 0) is 24.3 Å². The standard InChI is InChI=1S/C14H14N2O2/c17-11-16-13-5-3-6-14(10-13)18-9-7-12-4-1-2-8-15-12/h1-6,8,10-11H,7,9H2,(H,16,17). The van der Waals surface area contributed by atoms with Gasteiger partial charge in [0, 0.05) is 30.1 Å². The highest BCUT2D eigenvalue weighted by Gasteiger charge is 1.97. The molecule has 0 aliphatic rings. The SMILES string of the molecule is O=CNc1cccc(OCCc2ccccn2)c1. The van der Waals surface area contributed by atoms with E-state index in [1.54, 1.807) is 18.3 Å². The van der Waals surface area contributed by atoms with E-state index in [0.717, 1.165) is 23.6 Å². The summed E-state index contributed by atoms with van der Waals surface area (Å²) in [4.78, 5) is 14.5. The van der Waals surface area contributed by atoms with Crippen LogP contribution in [0, 0.1) is 0 Å². The summed E-state index contributed by atoms with van der Waals surface area (Å²) in [6.45, 7) is 0.557. The van der Waals surface area contributed by atoms with Crippen molar-refractivity contribution in [2.75, 3.05) is 11.9 Å². The number of amides is 1. The second kappa shape index (κ2) is 6.39. The highest BCUT2D eigenvalue weighted by Crippen LogP contribution is 2.16. The topological polar surface area (TPSA) is 51.2 Å². The van der Waals surface area contributed by atoms with Gasteiger partial charge in [0.1, 0.15) is 5.75 Å². The molecule has 2 rings (SSSR count). The lowest BCUT2D eigenvalue weighted by Crippen LogP contribution is -2.03. The fourth-order valence-corrected chi connectivity index (χ4v) is 1.56. The Hall–Kier alpha value is -2.36. The number of carbonyl (C=O) groups excluding carboxylic acids is 1. The summed E-state index contributed by atoms with van der Waals surface area (Å²) in [5, 5.41) is 2.58. The van der Waals surface area contributed by atoms with E-state index in [1.807, 2.05) is 30.3 Å². The summed E-state index contributed by atoms with van der Waals surface area (Å²) in [5.74, 6) is 0.734. The minimum atomic E-state index is 0.557. The zero-order valence-corrected chi connectivity index (χ0v) is 9.87. The summed E-state index contributed by atoms with van der Waals surface area (Å²) in [6, 6.07) is 13.1. The molecule has 0 aliphatic carbocycles. The molecular formula is C14H14N2O2. The molecule has 0 fully saturated rings. The molecule has 0 atom stereocenters. The van der Waals surface area contributed by atoms with E-state index in [1.165, 1.54) is 0 Å².